The summed E-state index contributed by atoms with van der Waals surface area (Å²) in [7, 11) is 0. The number of rotatable bonds is 4. The molecule has 3 heterocycles. The first-order valence-electron chi connectivity index (χ1n) is 8.70. The number of H-pyrrole nitrogens is 1. The molecule has 0 radical (unpaired) electrons. The van der Waals surface area contributed by atoms with Crippen LogP contribution in [-0.4, -0.2) is 19.9 Å². The Morgan fingerprint density at radius 3 is 2.69 bits per heavy atom. The van der Waals surface area contributed by atoms with Crippen LogP contribution in [0.3, 0.4) is 0 Å². The van der Waals surface area contributed by atoms with Gasteiger partial charge in [-0.2, -0.15) is 13.2 Å². The summed E-state index contributed by atoms with van der Waals surface area (Å²) in [6.45, 7) is -0.245. The van der Waals surface area contributed by atoms with E-state index in [2.05, 4.69) is 19.9 Å². The van der Waals surface area contributed by atoms with E-state index in [0.29, 0.717) is 22.7 Å². The van der Waals surface area contributed by atoms with Gasteiger partial charge in [0.2, 0.25) is 0 Å². The first kappa shape index (κ1) is 19.4. The maximum atomic E-state index is 13.1. The Morgan fingerprint density at radius 2 is 1.93 bits per heavy atom. The van der Waals surface area contributed by atoms with E-state index >= 15 is 0 Å². The number of benzene rings is 1. The molecule has 4 rings (SSSR count). The van der Waals surface area contributed by atoms with Gasteiger partial charge in [-0.1, -0.05) is 17.7 Å². The third-order valence-electron chi connectivity index (χ3n) is 4.60. The fourth-order valence-corrected chi connectivity index (χ4v) is 3.34. The van der Waals surface area contributed by atoms with Crippen molar-refractivity contribution in [3.63, 3.8) is 0 Å². The van der Waals surface area contributed by atoms with Gasteiger partial charge in [-0.05, 0) is 35.4 Å². The summed E-state index contributed by atoms with van der Waals surface area (Å²) in [6.07, 6.45) is 0.928. The molecule has 0 spiro atoms. The summed E-state index contributed by atoms with van der Waals surface area (Å²) >= 11 is 6.28. The molecule has 0 aliphatic carbocycles. The van der Waals surface area contributed by atoms with Gasteiger partial charge in [0.05, 0.1) is 16.3 Å². The minimum absolute atomic E-state index is 0.0159. The number of pyridine rings is 1. The third-order valence-corrected chi connectivity index (χ3v) is 4.92. The summed E-state index contributed by atoms with van der Waals surface area (Å²) < 4.78 is 39.3. The molecule has 3 N–H and O–H groups in total. The molecule has 0 atom stereocenters. The van der Waals surface area contributed by atoms with Crippen molar-refractivity contribution in [3.05, 3.63) is 76.3 Å². The van der Waals surface area contributed by atoms with Crippen molar-refractivity contribution in [2.75, 3.05) is 0 Å². The average molecular weight is 418 g/mol. The zero-order valence-corrected chi connectivity index (χ0v) is 15.7. The lowest BCUT2D eigenvalue weighted by molar-refractivity contribution is -0.138. The van der Waals surface area contributed by atoms with E-state index in [1.165, 1.54) is 18.3 Å². The smallest absolute Gasteiger partial charge is 0.346 e. The number of hydrogen-bond donors (Lipinski definition) is 2. The van der Waals surface area contributed by atoms with Crippen LogP contribution in [0, 0.1) is 0 Å². The van der Waals surface area contributed by atoms with Crippen molar-refractivity contribution in [3.8, 4) is 11.4 Å². The summed E-state index contributed by atoms with van der Waals surface area (Å²) in [5.41, 5.74) is 7.46. The van der Waals surface area contributed by atoms with Crippen LogP contribution < -0.4 is 5.73 Å². The molecule has 9 heteroatoms. The molecule has 0 saturated heterocycles. The number of fused-ring (bicyclic) bond motifs is 1. The Hall–Kier alpha value is -2.97. The molecule has 0 bridgehead atoms. The summed E-state index contributed by atoms with van der Waals surface area (Å²) in [4.78, 5) is 16.0. The SMILES string of the molecule is NCc1cc(-c2ncc(Cl)c(Cc3c[nH]c4ncccc34)n2)ccc1C(F)(F)F. The minimum atomic E-state index is -4.47. The number of halogens is 4. The maximum Gasteiger partial charge on any atom is 0.416 e. The van der Waals surface area contributed by atoms with E-state index in [9.17, 15) is 13.2 Å². The zero-order chi connectivity index (χ0) is 20.6. The molecule has 0 amide bonds. The first-order chi connectivity index (χ1) is 13.9. The predicted octanol–water partition coefficient (Wildman–Crippen LogP) is 4.74. The van der Waals surface area contributed by atoms with Gasteiger partial charge in [-0.3, -0.25) is 0 Å². The molecule has 0 fully saturated rings. The second kappa shape index (κ2) is 7.46. The monoisotopic (exact) mass is 417 g/mol. The van der Waals surface area contributed by atoms with Gasteiger partial charge in [0, 0.05) is 42.5 Å². The van der Waals surface area contributed by atoms with Crippen molar-refractivity contribution in [1.82, 2.24) is 19.9 Å². The van der Waals surface area contributed by atoms with E-state index in [-0.39, 0.29) is 17.9 Å². The van der Waals surface area contributed by atoms with Gasteiger partial charge >= 0.3 is 6.18 Å². The van der Waals surface area contributed by atoms with Gasteiger partial charge in [0.25, 0.3) is 0 Å². The second-order valence-corrected chi connectivity index (χ2v) is 6.86. The van der Waals surface area contributed by atoms with Gasteiger partial charge < -0.3 is 10.7 Å². The molecule has 5 nitrogen and oxygen atoms in total. The Labute approximate surface area is 168 Å². The Kier molecular flexibility index (Phi) is 4.97. The van der Waals surface area contributed by atoms with E-state index in [4.69, 9.17) is 17.3 Å². The molecule has 3 aromatic heterocycles. The minimum Gasteiger partial charge on any atom is -0.346 e. The van der Waals surface area contributed by atoms with Crippen LogP contribution in [0.25, 0.3) is 22.4 Å². The molecule has 0 aliphatic rings. The number of nitrogens with one attached hydrogen (secondary N) is 1. The van der Waals surface area contributed by atoms with Gasteiger partial charge in [-0.15, -0.1) is 0 Å². The van der Waals surface area contributed by atoms with Crippen molar-refractivity contribution >= 4 is 22.6 Å². The highest BCUT2D eigenvalue weighted by Gasteiger charge is 2.33. The molecule has 0 saturated carbocycles. The summed E-state index contributed by atoms with van der Waals surface area (Å²) in [5, 5.41) is 1.32. The van der Waals surface area contributed by atoms with Crippen LogP contribution >= 0.6 is 11.6 Å². The molecular weight excluding hydrogens is 403 g/mol. The number of hydrogen-bond acceptors (Lipinski definition) is 4. The quantitative estimate of drug-likeness (QED) is 0.502. The molecule has 29 heavy (non-hydrogen) atoms. The number of aromatic amines is 1. The molecule has 1 aromatic carbocycles. The topological polar surface area (TPSA) is 80.5 Å². The Bertz CT molecular complexity index is 1190. The molecule has 148 valence electrons. The van der Waals surface area contributed by atoms with Crippen LogP contribution in [0.15, 0.2) is 48.9 Å². The fourth-order valence-electron chi connectivity index (χ4n) is 3.18. The highest BCUT2D eigenvalue weighted by atomic mass is 35.5. The Balaban J connectivity index is 1.72. The number of nitrogens with two attached hydrogens (primary N) is 1. The van der Waals surface area contributed by atoms with Crippen LogP contribution in [0.2, 0.25) is 5.02 Å². The van der Waals surface area contributed by atoms with E-state index in [0.717, 1.165) is 22.7 Å². The van der Waals surface area contributed by atoms with Gasteiger partial charge in [0.1, 0.15) is 5.65 Å². The summed E-state index contributed by atoms with van der Waals surface area (Å²) in [6, 6.07) is 7.48. The largest absolute Gasteiger partial charge is 0.416 e. The van der Waals surface area contributed by atoms with Crippen molar-refractivity contribution in [1.29, 1.82) is 0 Å². The lowest BCUT2D eigenvalue weighted by Crippen LogP contribution is -2.12. The van der Waals surface area contributed by atoms with Crippen molar-refractivity contribution < 1.29 is 13.2 Å². The van der Waals surface area contributed by atoms with Crippen LogP contribution in [0.5, 0.6) is 0 Å². The molecule has 0 aliphatic heterocycles. The van der Waals surface area contributed by atoms with E-state index in [1.807, 2.05) is 18.3 Å². The number of alkyl halides is 3. The van der Waals surface area contributed by atoms with E-state index in [1.54, 1.807) is 6.20 Å². The molecule has 4 aromatic rings. The molecule has 0 unspecified atom stereocenters. The second-order valence-electron chi connectivity index (χ2n) is 6.45. The van der Waals surface area contributed by atoms with E-state index < -0.39 is 11.7 Å². The lowest BCUT2D eigenvalue weighted by Gasteiger charge is -2.13. The first-order valence-corrected chi connectivity index (χ1v) is 9.07. The maximum absolute atomic E-state index is 13.1. The summed E-state index contributed by atoms with van der Waals surface area (Å²) in [5.74, 6) is 0.283. The van der Waals surface area contributed by atoms with Crippen molar-refractivity contribution in [2.45, 2.75) is 19.1 Å². The lowest BCUT2D eigenvalue weighted by atomic mass is 10.0. The predicted molar refractivity (Wildman–Crippen MR) is 104 cm³/mol. The standard InChI is InChI=1S/C20H15ClF3N5/c21-16-10-28-18(11-3-4-15(20(22,23)24)12(6-11)8-25)29-17(16)7-13-9-27-19-14(13)2-1-5-26-19/h1-6,9-10H,7-8,25H2,(H,26,27). The molecular formula is C20H15ClF3N5. The fraction of sp³-hybridized carbons (Fsp3) is 0.150. The number of nitrogens with zero attached hydrogens (tertiary/aromatic N) is 3. The highest BCUT2D eigenvalue weighted by Crippen LogP contribution is 2.34. The van der Waals surface area contributed by atoms with Crippen LogP contribution in [-0.2, 0) is 19.1 Å². The zero-order valence-electron chi connectivity index (χ0n) is 15.0. The van der Waals surface area contributed by atoms with Crippen molar-refractivity contribution in [2.24, 2.45) is 5.73 Å². The van der Waals surface area contributed by atoms with Crippen LogP contribution in [0.4, 0.5) is 13.2 Å². The average Bonchev–Trinajstić information content (AvgIpc) is 3.11. The normalized spacial score (nSPS) is 11.9. The van der Waals surface area contributed by atoms with Gasteiger partial charge in [0.15, 0.2) is 5.82 Å². The highest BCUT2D eigenvalue weighted by molar-refractivity contribution is 6.31. The Morgan fingerprint density at radius 1 is 1.10 bits per heavy atom. The van der Waals surface area contributed by atoms with Gasteiger partial charge in [-0.25, -0.2) is 15.0 Å². The third kappa shape index (κ3) is 3.81. The number of aromatic nitrogens is 4. The van der Waals surface area contributed by atoms with Crippen LogP contribution in [0.1, 0.15) is 22.4 Å².